The van der Waals surface area contributed by atoms with Crippen molar-refractivity contribution in [2.24, 2.45) is 0 Å². The molecule has 0 spiro atoms. The number of hydrogen-bond donors (Lipinski definition) is 2. The van der Waals surface area contributed by atoms with Crippen molar-refractivity contribution in [1.29, 1.82) is 0 Å². The molecule has 0 saturated heterocycles. The van der Waals surface area contributed by atoms with E-state index in [1.165, 1.54) is 37.7 Å². The molecule has 1 atom stereocenters. The van der Waals surface area contributed by atoms with Crippen molar-refractivity contribution < 1.29 is 15.0 Å². The Kier molecular flexibility index (Phi) is 7.97. The van der Waals surface area contributed by atoms with E-state index in [1.54, 1.807) is 0 Å². The first-order valence-corrected chi connectivity index (χ1v) is 7.59. The smallest absolute Gasteiger partial charge is 0.305 e. The van der Waals surface area contributed by atoms with Gasteiger partial charge in [-0.25, -0.2) is 0 Å². The van der Waals surface area contributed by atoms with Gasteiger partial charge in [-0.3, -0.25) is 4.79 Å². The zero-order valence-corrected chi connectivity index (χ0v) is 12.3. The van der Waals surface area contributed by atoms with Crippen molar-refractivity contribution >= 4 is 5.97 Å². The normalized spacial score (nSPS) is 12.3. The lowest BCUT2D eigenvalue weighted by Crippen LogP contribution is -2.15. The lowest BCUT2D eigenvalue weighted by molar-refractivity contribution is -0.139. The number of carbonyl (C=O) groups is 1. The highest BCUT2D eigenvalue weighted by atomic mass is 16.4. The van der Waals surface area contributed by atoms with Gasteiger partial charge in [0, 0.05) is 0 Å². The molecule has 0 bridgehead atoms. The van der Waals surface area contributed by atoms with Gasteiger partial charge in [0.2, 0.25) is 0 Å². The molecule has 3 heteroatoms. The average Bonchev–Trinajstić information content (AvgIpc) is 2.39. The second-order valence-corrected chi connectivity index (χ2v) is 5.44. The molecular weight excluding hydrogens is 252 g/mol. The molecule has 0 aromatic heterocycles. The molecule has 0 saturated carbocycles. The number of aliphatic hydroxyl groups excluding tert-OH is 1. The molecule has 0 unspecified atom stereocenters. The second-order valence-electron chi connectivity index (χ2n) is 5.44. The van der Waals surface area contributed by atoms with Crippen molar-refractivity contribution in [3.63, 3.8) is 0 Å². The summed E-state index contributed by atoms with van der Waals surface area (Å²) in [6.07, 6.45) is 6.93. The van der Waals surface area contributed by atoms with Crippen LogP contribution in [0.3, 0.4) is 0 Å². The number of carboxylic acid groups (broad SMARTS) is 1. The van der Waals surface area contributed by atoms with Gasteiger partial charge < -0.3 is 10.2 Å². The number of aliphatic hydroxyl groups is 1. The number of benzene rings is 1. The third-order valence-corrected chi connectivity index (χ3v) is 3.47. The van der Waals surface area contributed by atoms with Crippen molar-refractivity contribution in [1.82, 2.24) is 0 Å². The van der Waals surface area contributed by atoms with Gasteiger partial charge in [-0.05, 0) is 30.4 Å². The maximum Gasteiger partial charge on any atom is 0.305 e. The van der Waals surface area contributed by atoms with Gasteiger partial charge in [-0.15, -0.1) is 0 Å². The van der Waals surface area contributed by atoms with E-state index in [0.29, 0.717) is 6.42 Å². The lowest BCUT2D eigenvalue weighted by atomic mass is 10.0. The van der Waals surface area contributed by atoms with E-state index in [1.807, 2.05) is 12.1 Å². The van der Waals surface area contributed by atoms with Crippen molar-refractivity contribution in [2.75, 3.05) is 0 Å². The molecule has 0 heterocycles. The standard InChI is InChI=1S/C17H26O3/c1-2-3-4-5-6-7-14-8-10-15(11-9-14)12-16(18)13-17(19)20/h8-11,16,18H,2-7,12-13H2,1H3,(H,19,20)/t16-/m0/s1. The van der Waals surface area contributed by atoms with E-state index in [-0.39, 0.29) is 6.42 Å². The van der Waals surface area contributed by atoms with E-state index in [2.05, 4.69) is 19.1 Å². The van der Waals surface area contributed by atoms with Gasteiger partial charge in [-0.1, -0.05) is 56.9 Å². The van der Waals surface area contributed by atoms with E-state index in [9.17, 15) is 9.90 Å². The van der Waals surface area contributed by atoms with Crippen LogP contribution in [0.1, 0.15) is 56.6 Å². The van der Waals surface area contributed by atoms with Crippen LogP contribution >= 0.6 is 0 Å². The summed E-state index contributed by atoms with van der Waals surface area (Å²) >= 11 is 0. The van der Waals surface area contributed by atoms with Gasteiger partial charge >= 0.3 is 5.97 Å². The Bertz CT molecular complexity index is 384. The first-order valence-electron chi connectivity index (χ1n) is 7.59. The van der Waals surface area contributed by atoms with Crippen LogP contribution < -0.4 is 0 Å². The number of aliphatic carboxylic acids is 1. The Labute approximate surface area is 121 Å². The molecule has 0 radical (unpaired) electrons. The van der Waals surface area contributed by atoms with Crippen molar-refractivity contribution in [3.8, 4) is 0 Å². The maximum absolute atomic E-state index is 10.5. The van der Waals surface area contributed by atoms with E-state index in [4.69, 9.17) is 5.11 Å². The molecule has 0 fully saturated rings. The number of carboxylic acids is 1. The molecule has 3 nitrogen and oxygen atoms in total. The molecule has 1 aromatic rings. The molecule has 20 heavy (non-hydrogen) atoms. The molecule has 0 amide bonds. The molecule has 0 aliphatic carbocycles. The fourth-order valence-electron chi connectivity index (χ4n) is 2.32. The highest BCUT2D eigenvalue weighted by molar-refractivity contribution is 5.67. The summed E-state index contributed by atoms with van der Waals surface area (Å²) < 4.78 is 0. The monoisotopic (exact) mass is 278 g/mol. The highest BCUT2D eigenvalue weighted by Gasteiger charge is 2.10. The zero-order chi connectivity index (χ0) is 14.8. The Morgan fingerprint density at radius 2 is 1.65 bits per heavy atom. The van der Waals surface area contributed by atoms with Crippen LogP contribution in [0.25, 0.3) is 0 Å². The number of hydrogen-bond acceptors (Lipinski definition) is 2. The molecule has 0 aliphatic heterocycles. The Morgan fingerprint density at radius 3 is 2.25 bits per heavy atom. The second kappa shape index (κ2) is 9.54. The van der Waals surface area contributed by atoms with Crippen LogP contribution in [0.15, 0.2) is 24.3 Å². The summed E-state index contributed by atoms with van der Waals surface area (Å²) in [6.45, 7) is 2.22. The average molecular weight is 278 g/mol. The van der Waals surface area contributed by atoms with Crippen LogP contribution in [0.4, 0.5) is 0 Å². The third kappa shape index (κ3) is 7.29. The van der Waals surface area contributed by atoms with Crippen LogP contribution in [-0.4, -0.2) is 22.3 Å². The summed E-state index contributed by atoms with van der Waals surface area (Å²) in [6, 6.07) is 8.16. The summed E-state index contributed by atoms with van der Waals surface area (Å²) in [5.41, 5.74) is 2.31. The molecule has 1 aromatic carbocycles. The van der Waals surface area contributed by atoms with Crippen LogP contribution in [0.2, 0.25) is 0 Å². The molecular formula is C17H26O3. The number of rotatable bonds is 10. The highest BCUT2D eigenvalue weighted by Crippen LogP contribution is 2.12. The molecule has 1 rings (SSSR count). The largest absolute Gasteiger partial charge is 0.481 e. The van der Waals surface area contributed by atoms with E-state index < -0.39 is 12.1 Å². The number of aryl methyl sites for hydroxylation is 1. The SMILES string of the molecule is CCCCCCCc1ccc(C[C@H](O)CC(=O)O)cc1. The van der Waals surface area contributed by atoms with Gasteiger partial charge in [0.15, 0.2) is 0 Å². The predicted octanol–water partition coefficient (Wildman–Crippen LogP) is 3.58. The Hall–Kier alpha value is -1.35. The van der Waals surface area contributed by atoms with Crippen molar-refractivity contribution in [2.45, 2.75) is 64.4 Å². The topological polar surface area (TPSA) is 57.5 Å². The van der Waals surface area contributed by atoms with E-state index >= 15 is 0 Å². The van der Waals surface area contributed by atoms with Gasteiger partial charge in [0.1, 0.15) is 0 Å². The van der Waals surface area contributed by atoms with Crippen LogP contribution in [0, 0.1) is 0 Å². The Balaban J connectivity index is 2.30. The maximum atomic E-state index is 10.5. The molecule has 2 N–H and O–H groups in total. The quantitative estimate of drug-likeness (QED) is 0.643. The lowest BCUT2D eigenvalue weighted by Gasteiger charge is -2.08. The van der Waals surface area contributed by atoms with Gasteiger partial charge in [0.05, 0.1) is 12.5 Å². The van der Waals surface area contributed by atoms with E-state index in [0.717, 1.165) is 12.0 Å². The van der Waals surface area contributed by atoms with Crippen LogP contribution in [-0.2, 0) is 17.6 Å². The minimum Gasteiger partial charge on any atom is -0.481 e. The minimum atomic E-state index is -0.957. The minimum absolute atomic E-state index is 0.195. The fraction of sp³-hybridized carbons (Fsp3) is 0.588. The zero-order valence-electron chi connectivity index (χ0n) is 12.3. The Morgan fingerprint density at radius 1 is 1.05 bits per heavy atom. The fourth-order valence-corrected chi connectivity index (χ4v) is 2.32. The first kappa shape index (κ1) is 16.7. The molecule has 0 aliphatic rings. The first-order chi connectivity index (χ1) is 9.61. The van der Waals surface area contributed by atoms with Gasteiger partial charge in [0.25, 0.3) is 0 Å². The summed E-state index contributed by atoms with van der Waals surface area (Å²) in [4.78, 5) is 10.5. The van der Waals surface area contributed by atoms with Crippen molar-refractivity contribution in [3.05, 3.63) is 35.4 Å². The number of unbranched alkanes of at least 4 members (excludes halogenated alkanes) is 4. The van der Waals surface area contributed by atoms with Gasteiger partial charge in [-0.2, -0.15) is 0 Å². The van der Waals surface area contributed by atoms with Crippen LogP contribution in [0.5, 0.6) is 0 Å². The third-order valence-electron chi connectivity index (χ3n) is 3.47. The summed E-state index contributed by atoms with van der Waals surface area (Å²) in [5, 5.41) is 18.2. The molecule has 112 valence electrons. The summed E-state index contributed by atoms with van der Waals surface area (Å²) in [7, 11) is 0. The summed E-state index contributed by atoms with van der Waals surface area (Å²) in [5.74, 6) is -0.957. The predicted molar refractivity (Wildman–Crippen MR) is 80.9 cm³/mol.